The zero-order valence-corrected chi connectivity index (χ0v) is 59.9. The average molecular weight is 1500 g/mol. The molecule has 3 atom stereocenters. The van der Waals surface area contributed by atoms with E-state index in [2.05, 4.69) is 20.4 Å². The van der Waals surface area contributed by atoms with Gasteiger partial charge in [-0.3, -0.25) is 29.0 Å². The second-order valence-electron chi connectivity index (χ2n) is 25.1. The molecule has 2 fully saturated rings. The number of carboxylic acid groups (broad SMARTS) is 2. The van der Waals surface area contributed by atoms with Gasteiger partial charge in [0.2, 0.25) is 0 Å². The zero-order valence-electron chi connectivity index (χ0n) is 58.1. The summed E-state index contributed by atoms with van der Waals surface area (Å²) in [5.41, 5.74) is 6.81. The maximum Gasteiger partial charge on any atom is 0.416 e. The van der Waals surface area contributed by atoms with Gasteiger partial charge < -0.3 is 35.1 Å². The molecule has 0 aromatic heterocycles. The van der Waals surface area contributed by atoms with Crippen LogP contribution in [0.3, 0.4) is 0 Å². The molecule has 2 heterocycles. The molecule has 25 heteroatoms. The summed E-state index contributed by atoms with van der Waals surface area (Å²) in [5.74, 6) is -4.48. The molecule has 11 rings (SSSR count). The lowest BCUT2D eigenvalue weighted by Gasteiger charge is -2.36. The third-order valence-electron chi connectivity index (χ3n) is 18.4. The first-order chi connectivity index (χ1) is 50.2. The van der Waals surface area contributed by atoms with Gasteiger partial charge in [0.25, 0.3) is 11.8 Å². The maximum atomic E-state index is 13.2. The van der Waals surface area contributed by atoms with E-state index in [-0.39, 0.29) is 48.6 Å². The number of esters is 2. The SMILES string of the molecule is COC(=O)[C@H](c1ccccc1)N1CCC(c2ccc(NC(=O)c3ccccc3-c3ccc(C(F)(F)F)cc3)cc2)CC1.COC(=O)[C@H](c1ccccc1)N1CCC(c2ccc(NC(=O)c3ccccc3-c3ccc(C(F)(F)F)cc3)cc2)CC1.COc1ccc(S(=O)(=O)C[C@@H](CCC(=O)O)C(=O)O)cc1.S. The molecule has 0 saturated carbocycles. The number of ether oxygens (including phenoxy) is 3. The number of alkyl halides is 6. The van der Waals surface area contributed by atoms with E-state index in [4.69, 9.17) is 24.4 Å². The van der Waals surface area contributed by atoms with E-state index in [0.29, 0.717) is 62.3 Å². The molecule has 2 aliphatic heterocycles. The lowest BCUT2D eigenvalue weighted by Crippen LogP contribution is -2.40. The molecule has 2 saturated heterocycles. The Bertz CT molecular complexity index is 4290. The summed E-state index contributed by atoms with van der Waals surface area (Å²) in [7, 11) is 0.464. The third kappa shape index (κ3) is 21.8. The summed E-state index contributed by atoms with van der Waals surface area (Å²) < 4.78 is 117. The molecule has 2 amide bonds. The van der Waals surface area contributed by atoms with Crippen LogP contribution in [0.4, 0.5) is 37.7 Å². The number of sulfone groups is 1. The number of piperidine rings is 2. The largest absolute Gasteiger partial charge is 0.497 e. The highest BCUT2D eigenvalue weighted by molar-refractivity contribution is 7.91. The van der Waals surface area contributed by atoms with Crippen molar-refractivity contribution in [2.24, 2.45) is 5.92 Å². The Morgan fingerprint density at radius 1 is 0.481 bits per heavy atom. The van der Waals surface area contributed by atoms with Crippen molar-refractivity contribution in [1.29, 1.82) is 0 Å². The van der Waals surface area contributed by atoms with Gasteiger partial charge in [0.1, 0.15) is 17.8 Å². The second-order valence-corrected chi connectivity index (χ2v) is 27.1. The van der Waals surface area contributed by atoms with Gasteiger partial charge in [-0.2, -0.15) is 39.8 Å². The summed E-state index contributed by atoms with van der Waals surface area (Å²) >= 11 is 0. The van der Waals surface area contributed by atoms with E-state index in [1.54, 1.807) is 48.5 Å². The molecule has 0 radical (unpaired) electrons. The van der Waals surface area contributed by atoms with Crippen LogP contribution >= 0.6 is 13.5 Å². The van der Waals surface area contributed by atoms with Crippen LogP contribution < -0.4 is 15.4 Å². The summed E-state index contributed by atoms with van der Waals surface area (Å²) in [6.45, 7) is 2.99. The Morgan fingerprint density at radius 2 is 0.840 bits per heavy atom. The molecule has 17 nitrogen and oxygen atoms in total. The molecule has 9 aromatic carbocycles. The number of nitrogens with zero attached hydrogens (tertiary/aromatic N) is 2. The topological polar surface area (TPSA) is 235 Å². The standard InChI is InChI=1S/2C34H31F3N2O3.C13H16O7S.H2S/c2*1-42-33(41)31(26-7-3-2-4-8-26)39-21-19-24(20-22-39)23-13-17-28(18-14-23)38-32(40)30-10-6-5-9-29(30)25-11-15-27(16-12-25)34(35,36)37;1-20-10-3-5-11(6-4-10)21(18,19)8-9(13(16)17)2-7-12(14)15;/h2*2-18,24,31H,19-22H2,1H3,(H,38,40);3-6,9H,2,7-8H2,1H3,(H,14,15)(H,16,17);1H2/t2*31-;9-;/m001./s1. The van der Waals surface area contributed by atoms with Gasteiger partial charge in [0.15, 0.2) is 9.84 Å². The second kappa shape index (κ2) is 37.4. The van der Waals surface area contributed by atoms with Gasteiger partial charge in [-0.05, 0) is 200 Å². The summed E-state index contributed by atoms with van der Waals surface area (Å²) in [4.78, 5) is 77.4. The summed E-state index contributed by atoms with van der Waals surface area (Å²) in [6.07, 6.45) is -5.95. The minimum atomic E-state index is -4.42. The number of methoxy groups -OCH3 is 3. The van der Waals surface area contributed by atoms with Crippen molar-refractivity contribution in [3.8, 4) is 28.0 Å². The molecule has 0 spiro atoms. The van der Waals surface area contributed by atoms with Gasteiger partial charge in [-0.25, -0.2) is 18.0 Å². The molecular formula is C81H80F6N4O13S2. The van der Waals surface area contributed by atoms with Crippen LogP contribution in [0.5, 0.6) is 5.75 Å². The Morgan fingerprint density at radius 3 is 1.17 bits per heavy atom. The minimum Gasteiger partial charge on any atom is -0.497 e. The van der Waals surface area contributed by atoms with Gasteiger partial charge in [-0.1, -0.05) is 146 Å². The van der Waals surface area contributed by atoms with E-state index in [0.717, 1.165) is 98.4 Å². The van der Waals surface area contributed by atoms with Gasteiger partial charge in [0, 0.05) is 28.9 Å². The van der Waals surface area contributed by atoms with Gasteiger partial charge in [-0.15, -0.1) is 0 Å². The monoisotopic (exact) mass is 1490 g/mol. The predicted octanol–water partition coefficient (Wildman–Crippen LogP) is 16.6. The van der Waals surface area contributed by atoms with E-state index in [1.807, 2.05) is 109 Å². The highest BCUT2D eigenvalue weighted by atomic mass is 32.2. The first-order valence-corrected chi connectivity index (χ1v) is 35.3. The number of anilines is 2. The van der Waals surface area contributed by atoms with E-state index in [1.165, 1.54) is 69.9 Å². The molecule has 9 aromatic rings. The number of carbonyl (C=O) groups excluding carboxylic acids is 4. The first kappa shape index (κ1) is 81.1. The smallest absolute Gasteiger partial charge is 0.416 e. The number of amides is 2. The fourth-order valence-corrected chi connectivity index (χ4v) is 14.4. The Balaban J connectivity index is 0.000000212. The number of benzene rings is 9. The van der Waals surface area contributed by atoms with Crippen LogP contribution in [0.1, 0.15) is 117 Å². The molecule has 0 bridgehead atoms. The molecular weight excluding hydrogens is 1420 g/mol. The number of rotatable bonds is 22. The quantitative estimate of drug-likeness (QED) is 0.0365. The van der Waals surface area contributed by atoms with Crippen molar-refractivity contribution < 1.29 is 88.0 Å². The number of hydrogen-bond donors (Lipinski definition) is 4. The van der Waals surface area contributed by atoms with E-state index < -0.39 is 75.4 Å². The van der Waals surface area contributed by atoms with Crippen LogP contribution in [0.25, 0.3) is 22.3 Å². The number of likely N-dealkylation sites (tertiary alicyclic amines) is 2. The van der Waals surface area contributed by atoms with Crippen LogP contribution in [0, 0.1) is 5.92 Å². The number of aliphatic carboxylic acids is 2. The number of halogens is 6. The molecule has 2 aliphatic rings. The van der Waals surface area contributed by atoms with Crippen molar-refractivity contribution in [2.75, 3.05) is 63.9 Å². The zero-order chi connectivity index (χ0) is 75.4. The summed E-state index contributed by atoms with van der Waals surface area (Å²) in [5, 5.41) is 23.4. The highest BCUT2D eigenvalue weighted by Crippen LogP contribution is 2.38. The number of carbonyl (C=O) groups is 6. The van der Waals surface area contributed by atoms with Crippen molar-refractivity contribution in [1.82, 2.24) is 9.80 Å². The van der Waals surface area contributed by atoms with Gasteiger partial charge >= 0.3 is 36.2 Å². The number of carboxylic acids is 2. The number of hydrogen-bond acceptors (Lipinski definition) is 13. The van der Waals surface area contributed by atoms with Crippen LogP contribution in [-0.4, -0.2) is 117 Å². The van der Waals surface area contributed by atoms with Crippen LogP contribution in [0.15, 0.2) is 235 Å². The molecule has 0 unspecified atom stereocenters. The van der Waals surface area contributed by atoms with Crippen molar-refractivity contribution in [2.45, 2.75) is 79.7 Å². The predicted molar refractivity (Wildman–Crippen MR) is 395 cm³/mol. The molecule has 4 N–H and O–H groups in total. The normalized spacial score (nSPS) is 14.5. The maximum absolute atomic E-state index is 13.2. The van der Waals surface area contributed by atoms with E-state index >= 15 is 0 Å². The molecule has 0 aliphatic carbocycles. The lowest BCUT2D eigenvalue weighted by molar-refractivity contribution is -0.148. The van der Waals surface area contributed by atoms with Crippen molar-refractivity contribution >= 4 is 70.4 Å². The molecule has 556 valence electrons. The Labute approximate surface area is 617 Å². The fraction of sp³-hybridized carbons (Fsp3) is 0.259. The Kier molecular flexibility index (Phi) is 28.6. The fourth-order valence-electron chi connectivity index (χ4n) is 12.8. The Hall–Kier alpha value is -10.6. The minimum absolute atomic E-state index is 0. The first-order valence-electron chi connectivity index (χ1n) is 33.7. The summed E-state index contributed by atoms with van der Waals surface area (Å²) in [6, 6.07) is 62.8. The average Bonchev–Trinajstić information content (AvgIpc) is 0.834. The van der Waals surface area contributed by atoms with E-state index in [9.17, 15) is 63.5 Å². The van der Waals surface area contributed by atoms with Crippen LogP contribution in [-0.2, 0) is 50.8 Å². The number of nitrogens with one attached hydrogen (secondary N) is 2. The molecule has 106 heavy (non-hydrogen) atoms. The van der Waals surface area contributed by atoms with Crippen molar-refractivity contribution in [3.63, 3.8) is 0 Å². The highest BCUT2D eigenvalue weighted by Gasteiger charge is 2.36. The van der Waals surface area contributed by atoms with Gasteiger partial charge in [0.05, 0.1) is 49.0 Å². The van der Waals surface area contributed by atoms with Crippen LogP contribution in [0.2, 0.25) is 0 Å². The lowest BCUT2D eigenvalue weighted by atomic mass is 9.88. The van der Waals surface area contributed by atoms with Crippen molar-refractivity contribution in [3.05, 3.63) is 275 Å². The third-order valence-corrected chi connectivity index (χ3v) is 20.3.